The molecule has 0 bridgehead atoms. The van der Waals surface area contributed by atoms with Crippen LogP contribution in [0.25, 0.3) is 0 Å². The Bertz CT molecular complexity index is 568. The minimum absolute atomic E-state index is 0. The molecular formula is C21H38ClN5O. The molecule has 0 saturated heterocycles. The number of unbranched alkanes of at least 4 members (excludes halogenated alkanes) is 1. The predicted molar refractivity (Wildman–Crippen MR) is 122 cm³/mol. The maximum atomic E-state index is 5.47. The van der Waals surface area contributed by atoms with Crippen molar-refractivity contribution in [2.45, 2.75) is 44.9 Å². The van der Waals surface area contributed by atoms with Crippen LogP contribution in [-0.2, 0) is 6.42 Å². The molecule has 1 heterocycles. The third-order valence-corrected chi connectivity index (χ3v) is 4.78. The van der Waals surface area contributed by atoms with Gasteiger partial charge in [-0.25, -0.2) is 0 Å². The van der Waals surface area contributed by atoms with Crippen LogP contribution in [-0.4, -0.2) is 52.2 Å². The normalized spacial score (nSPS) is 14.7. The van der Waals surface area contributed by atoms with Gasteiger partial charge >= 0.3 is 0 Å². The molecule has 0 spiro atoms. The summed E-state index contributed by atoms with van der Waals surface area (Å²) in [6.07, 6.45) is 7.79. The number of hydrogen-bond donors (Lipinski definition) is 4. The molecular weight excluding hydrogens is 374 g/mol. The van der Waals surface area contributed by atoms with Crippen LogP contribution in [0.1, 0.15) is 44.1 Å². The Labute approximate surface area is 176 Å². The Morgan fingerprint density at radius 1 is 1.04 bits per heavy atom. The van der Waals surface area contributed by atoms with Crippen molar-refractivity contribution in [3.05, 3.63) is 23.8 Å². The lowest BCUT2D eigenvalue weighted by atomic mass is 10.1. The number of rotatable bonds is 13. The molecule has 0 fully saturated rings. The molecule has 0 atom stereocenters. The van der Waals surface area contributed by atoms with Crippen molar-refractivity contribution >= 4 is 23.9 Å². The Morgan fingerprint density at radius 2 is 1.75 bits per heavy atom. The molecule has 0 amide bonds. The van der Waals surface area contributed by atoms with Gasteiger partial charge in [-0.05, 0) is 95.0 Å². The van der Waals surface area contributed by atoms with E-state index in [4.69, 9.17) is 15.5 Å². The number of halogens is 1. The summed E-state index contributed by atoms with van der Waals surface area (Å²) < 4.78 is 5.32. The standard InChI is InChI=1S/C21H37N5O.ClH/c1-27-19-9-10-20-18(17-19)7-4-8-21(26-20)25-16-6-15-24-13-3-2-12-23-14-5-11-22;/h9-10,17,23-24H,2-8,11-16,22H2,1H3,(H,25,26);1H. The number of amidine groups is 1. The van der Waals surface area contributed by atoms with Crippen molar-refractivity contribution in [2.24, 2.45) is 10.7 Å². The fraction of sp³-hybridized carbons (Fsp3) is 0.667. The molecule has 0 unspecified atom stereocenters. The van der Waals surface area contributed by atoms with Crippen molar-refractivity contribution in [1.29, 1.82) is 0 Å². The van der Waals surface area contributed by atoms with Crippen LogP contribution in [0.2, 0.25) is 0 Å². The zero-order valence-electron chi connectivity index (χ0n) is 17.3. The summed E-state index contributed by atoms with van der Waals surface area (Å²) in [5.41, 5.74) is 7.96. The maximum absolute atomic E-state index is 5.47. The summed E-state index contributed by atoms with van der Waals surface area (Å²) >= 11 is 0. The van der Waals surface area contributed by atoms with Gasteiger partial charge in [0.1, 0.15) is 11.6 Å². The zero-order valence-corrected chi connectivity index (χ0v) is 18.1. The first-order chi connectivity index (χ1) is 13.3. The van der Waals surface area contributed by atoms with E-state index in [9.17, 15) is 0 Å². The van der Waals surface area contributed by atoms with Crippen molar-refractivity contribution in [1.82, 2.24) is 10.6 Å². The summed E-state index contributed by atoms with van der Waals surface area (Å²) in [7, 11) is 1.72. The van der Waals surface area contributed by atoms with Crippen molar-refractivity contribution < 1.29 is 4.74 Å². The molecule has 0 saturated carbocycles. The molecule has 0 radical (unpaired) electrons. The van der Waals surface area contributed by atoms with E-state index in [1.807, 2.05) is 6.07 Å². The second-order valence-electron chi connectivity index (χ2n) is 7.03. The highest BCUT2D eigenvalue weighted by Gasteiger charge is 2.12. The van der Waals surface area contributed by atoms with Gasteiger partial charge in [0.25, 0.3) is 0 Å². The van der Waals surface area contributed by atoms with Crippen molar-refractivity contribution in [2.75, 3.05) is 51.7 Å². The van der Waals surface area contributed by atoms with Crippen LogP contribution in [0.5, 0.6) is 5.75 Å². The average Bonchev–Trinajstić information content (AvgIpc) is 2.90. The van der Waals surface area contributed by atoms with Gasteiger partial charge in [0, 0.05) is 18.7 Å². The molecule has 160 valence electrons. The van der Waals surface area contributed by atoms with Crippen LogP contribution >= 0.6 is 12.4 Å². The summed E-state index contributed by atoms with van der Waals surface area (Å²) in [5.74, 6) is 2.04. The summed E-state index contributed by atoms with van der Waals surface area (Å²) in [4.78, 5) is 4.77. The maximum Gasteiger partial charge on any atom is 0.119 e. The molecule has 7 heteroatoms. The highest BCUT2D eigenvalue weighted by atomic mass is 35.5. The monoisotopic (exact) mass is 411 g/mol. The van der Waals surface area contributed by atoms with E-state index in [-0.39, 0.29) is 12.4 Å². The first-order valence-electron chi connectivity index (χ1n) is 10.4. The minimum atomic E-state index is 0. The molecule has 1 aromatic carbocycles. The van der Waals surface area contributed by atoms with Gasteiger partial charge in [0.2, 0.25) is 0 Å². The van der Waals surface area contributed by atoms with Gasteiger partial charge in [0.15, 0.2) is 0 Å². The Hall–Kier alpha value is -1.34. The molecule has 2 rings (SSSR count). The first-order valence-corrected chi connectivity index (χ1v) is 10.4. The smallest absolute Gasteiger partial charge is 0.119 e. The van der Waals surface area contributed by atoms with E-state index in [1.54, 1.807) is 7.11 Å². The quantitative estimate of drug-likeness (QED) is 0.375. The van der Waals surface area contributed by atoms with Crippen LogP contribution < -0.4 is 26.4 Å². The van der Waals surface area contributed by atoms with E-state index in [0.29, 0.717) is 0 Å². The van der Waals surface area contributed by atoms with E-state index in [1.165, 1.54) is 24.1 Å². The number of ether oxygens (including phenoxy) is 1. The van der Waals surface area contributed by atoms with E-state index >= 15 is 0 Å². The first kappa shape index (κ1) is 24.7. The molecule has 1 aliphatic heterocycles. The molecule has 28 heavy (non-hydrogen) atoms. The van der Waals surface area contributed by atoms with Gasteiger partial charge in [-0.15, -0.1) is 12.4 Å². The van der Waals surface area contributed by atoms with Gasteiger partial charge in [-0.2, -0.15) is 0 Å². The number of methoxy groups -OCH3 is 1. The van der Waals surface area contributed by atoms with Crippen molar-refractivity contribution in [3.63, 3.8) is 0 Å². The van der Waals surface area contributed by atoms with Gasteiger partial charge < -0.3 is 26.4 Å². The van der Waals surface area contributed by atoms with Crippen LogP contribution in [0, 0.1) is 0 Å². The molecule has 0 aromatic heterocycles. The largest absolute Gasteiger partial charge is 0.497 e. The lowest BCUT2D eigenvalue weighted by Crippen LogP contribution is -2.22. The molecule has 1 aromatic rings. The summed E-state index contributed by atoms with van der Waals surface area (Å²) in [6, 6.07) is 6.23. The number of fused-ring (bicyclic) bond motifs is 1. The number of nitrogens with one attached hydrogen (secondary N) is 3. The third-order valence-electron chi connectivity index (χ3n) is 4.78. The van der Waals surface area contributed by atoms with Crippen molar-refractivity contribution in [3.8, 4) is 5.75 Å². The summed E-state index contributed by atoms with van der Waals surface area (Å²) in [6.45, 7) is 5.90. The number of nitrogens with two attached hydrogens (primary N) is 1. The second-order valence-corrected chi connectivity index (χ2v) is 7.03. The van der Waals surface area contributed by atoms with Crippen LogP contribution in [0.3, 0.4) is 0 Å². The minimum Gasteiger partial charge on any atom is -0.497 e. The van der Waals surface area contributed by atoms with Gasteiger partial charge in [-0.3, -0.25) is 4.99 Å². The zero-order chi connectivity index (χ0) is 19.2. The number of aryl methyl sites for hydroxylation is 1. The number of aliphatic imine (C=N–C) groups is 1. The lowest BCUT2D eigenvalue weighted by molar-refractivity contribution is 0.414. The average molecular weight is 412 g/mol. The number of benzene rings is 1. The molecule has 0 aliphatic carbocycles. The fourth-order valence-electron chi connectivity index (χ4n) is 3.20. The van der Waals surface area contributed by atoms with E-state index in [0.717, 1.165) is 83.0 Å². The predicted octanol–water partition coefficient (Wildman–Crippen LogP) is 2.96. The van der Waals surface area contributed by atoms with Crippen LogP contribution in [0.15, 0.2) is 23.2 Å². The Morgan fingerprint density at radius 3 is 2.46 bits per heavy atom. The Balaban J connectivity index is 0.00000392. The highest BCUT2D eigenvalue weighted by molar-refractivity contribution is 5.96. The number of anilines is 1. The molecule has 6 nitrogen and oxygen atoms in total. The SMILES string of the molecule is COc1ccc2c(c1)CCCC(=NCCCNCCCCNCCCN)N2.Cl. The third kappa shape index (κ3) is 9.73. The number of hydrogen-bond acceptors (Lipinski definition) is 5. The summed E-state index contributed by atoms with van der Waals surface area (Å²) in [5, 5.41) is 10.4. The van der Waals surface area contributed by atoms with Gasteiger partial charge in [-0.1, -0.05) is 0 Å². The Kier molecular flexibility index (Phi) is 13.7. The number of nitrogens with zero attached hydrogens (tertiary/aromatic N) is 1. The fourth-order valence-corrected chi connectivity index (χ4v) is 3.20. The van der Waals surface area contributed by atoms with Gasteiger partial charge in [0.05, 0.1) is 7.11 Å². The van der Waals surface area contributed by atoms with Crippen LogP contribution in [0.4, 0.5) is 5.69 Å². The highest BCUT2D eigenvalue weighted by Crippen LogP contribution is 2.26. The van der Waals surface area contributed by atoms with E-state index < -0.39 is 0 Å². The topological polar surface area (TPSA) is 83.7 Å². The lowest BCUT2D eigenvalue weighted by Gasteiger charge is -2.10. The second kappa shape index (κ2) is 15.6. The molecule has 1 aliphatic rings. The molecule has 5 N–H and O–H groups in total. The van der Waals surface area contributed by atoms with E-state index in [2.05, 4.69) is 28.1 Å².